The number of likely N-dealkylation sites (N-methyl/N-ethyl adjacent to an activating group) is 2. The van der Waals surface area contributed by atoms with Gasteiger partial charge in [-0.25, -0.2) is 0 Å². The zero-order chi connectivity index (χ0) is 19.0. The maximum absolute atomic E-state index is 13.1. The normalized spacial score (nSPS) is 28.3. The molecule has 27 heavy (non-hydrogen) atoms. The van der Waals surface area contributed by atoms with Crippen molar-refractivity contribution in [3.8, 4) is 0 Å². The van der Waals surface area contributed by atoms with Gasteiger partial charge in [-0.1, -0.05) is 18.2 Å². The molecule has 1 saturated heterocycles. The first-order chi connectivity index (χ1) is 13.0. The lowest BCUT2D eigenvalue weighted by atomic mass is 9.76. The zero-order valence-corrected chi connectivity index (χ0v) is 16.7. The van der Waals surface area contributed by atoms with Crippen LogP contribution >= 0.6 is 0 Å². The molecule has 1 saturated carbocycles. The summed E-state index contributed by atoms with van der Waals surface area (Å²) in [5.74, 6) is 0.194. The van der Waals surface area contributed by atoms with Gasteiger partial charge in [0, 0.05) is 42.8 Å². The van der Waals surface area contributed by atoms with Crippen molar-refractivity contribution in [1.29, 1.82) is 0 Å². The number of hydrogen-bond acceptors (Lipinski definition) is 3. The highest BCUT2D eigenvalue weighted by Gasteiger charge is 2.46. The predicted molar refractivity (Wildman–Crippen MR) is 108 cm³/mol. The van der Waals surface area contributed by atoms with E-state index >= 15 is 0 Å². The van der Waals surface area contributed by atoms with Crippen LogP contribution in [-0.4, -0.2) is 66.1 Å². The van der Waals surface area contributed by atoms with Gasteiger partial charge in [0.15, 0.2) is 0 Å². The van der Waals surface area contributed by atoms with Crippen molar-refractivity contribution >= 4 is 16.8 Å². The van der Waals surface area contributed by atoms with E-state index in [2.05, 4.69) is 36.1 Å². The number of rotatable bonds is 4. The highest BCUT2D eigenvalue weighted by atomic mass is 16.5. The molecule has 146 valence electrons. The van der Waals surface area contributed by atoms with E-state index in [4.69, 9.17) is 4.74 Å². The van der Waals surface area contributed by atoms with E-state index in [1.807, 2.05) is 30.3 Å². The minimum absolute atomic E-state index is 0.0478. The summed E-state index contributed by atoms with van der Waals surface area (Å²) < 4.78 is 6.15. The number of aromatic nitrogens is 1. The first-order valence-electron chi connectivity index (χ1n) is 10.1. The van der Waals surface area contributed by atoms with Gasteiger partial charge in [0.05, 0.1) is 12.0 Å². The van der Waals surface area contributed by atoms with E-state index in [1.54, 1.807) is 0 Å². The second-order valence-corrected chi connectivity index (χ2v) is 8.52. The molecule has 0 radical (unpaired) electrons. The molecule has 1 amide bonds. The molecule has 5 nitrogen and oxygen atoms in total. The number of carbonyl (C=O) groups is 1. The summed E-state index contributed by atoms with van der Waals surface area (Å²) in [6.45, 7) is 0.889. The van der Waals surface area contributed by atoms with Gasteiger partial charge in [-0.2, -0.15) is 0 Å². The number of fused-ring (bicyclic) bond motifs is 1. The third kappa shape index (κ3) is 3.50. The van der Waals surface area contributed by atoms with Crippen LogP contribution in [0.25, 0.3) is 10.9 Å². The summed E-state index contributed by atoms with van der Waals surface area (Å²) in [5.41, 5.74) is 2.22. The van der Waals surface area contributed by atoms with Crippen molar-refractivity contribution < 1.29 is 9.53 Å². The molecule has 0 bridgehead atoms. The van der Waals surface area contributed by atoms with E-state index in [1.165, 1.54) is 6.42 Å². The van der Waals surface area contributed by atoms with Crippen molar-refractivity contribution in [2.75, 3.05) is 27.7 Å². The molecule has 2 fully saturated rings. The Morgan fingerprint density at radius 1 is 1.22 bits per heavy atom. The van der Waals surface area contributed by atoms with Crippen LogP contribution in [0.1, 0.15) is 37.7 Å². The van der Waals surface area contributed by atoms with Crippen LogP contribution < -0.4 is 0 Å². The monoisotopic (exact) mass is 369 g/mol. The minimum atomic E-state index is 0.0478. The average molecular weight is 370 g/mol. The largest absolute Gasteiger partial charge is 0.375 e. The number of carbonyl (C=O) groups excluding carboxylic acids is 1. The molecule has 1 spiro atoms. The van der Waals surface area contributed by atoms with E-state index in [9.17, 15) is 4.79 Å². The van der Waals surface area contributed by atoms with Crippen LogP contribution in [0.15, 0.2) is 30.5 Å². The van der Waals surface area contributed by atoms with Crippen LogP contribution in [0.2, 0.25) is 0 Å². The Kier molecular flexibility index (Phi) is 4.99. The van der Waals surface area contributed by atoms with E-state index < -0.39 is 0 Å². The lowest BCUT2D eigenvalue weighted by molar-refractivity contribution is -0.136. The second-order valence-electron chi connectivity index (χ2n) is 8.52. The van der Waals surface area contributed by atoms with Crippen LogP contribution in [0.3, 0.4) is 0 Å². The zero-order valence-electron chi connectivity index (χ0n) is 16.7. The number of nitrogens with one attached hydrogen (secondary N) is 1. The summed E-state index contributed by atoms with van der Waals surface area (Å²) in [7, 11) is 6.24. The number of amides is 1. The van der Waals surface area contributed by atoms with E-state index in [0.29, 0.717) is 12.5 Å². The molecule has 1 aliphatic heterocycles. The Labute approximate surface area is 161 Å². The Bertz CT molecular complexity index is 807. The van der Waals surface area contributed by atoms with Gasteiger partial charge in [-0.3, -0.25) is 4.79 Å². The number of nitrogens with zero attached hydrogens (tertiary/aromatic N) is 2. The van der Waals surface area contributed by atoms with Crippen LogP contribution in [-0.2, 0) is 16.0 Å². The van der Waals surface area contributed by atoms with Crippen molar-refractivity contribution in [3.05, 3.63) is 36.0 Å². The Morgan fingerprint density at radius 3 is 2.78 bits per heavy atom. The van der Waals surface area contributed by atoms with Gasteiger partial charge in [0.2, 0.25) is 5.91 Å². The number of para-hydroxylation sites is 1. The van der Waals surface area contributed by atoms with Crippen LogP contribution in [0.5, 0.6) is 0 Å². The molecule has 3 atom stereocenters. The predicted octanol–water partition coefficient (Wildman–Crippen LogP) is 3.20. The van der Waals surface area contributed by atoms with Gasteiger partial charge >= 0.3 is 0 Å². The molecule has 2 aromatic rings. The molecule has 1 aliphatic carbocycles. The van der Waals surface area contributed by atoms with E-state index in [0.717, 1.165) is 48.8 Å². The third-order valence-corrected chi connectivity index (χ3v) is 6.68. The van der Waals surface area contributed by atoms with Crippen LogP contribution in [0, 0.1) is 0 Å². The highest BCUT2D eigenvalue weighted by Crippen LogP contribution is 2.41. The molecule has 4 rings (SSSR count). The molecule has 1 aromatic carbocycles. The summed E-state index contributed by atoms with van der Waals surface area (Å²) in [6.07, 6.45) is 7.85. The molecular weight excluding hydrogens is 338 g/mol. The van der Waals surface area contributed by atoms with Gasteiger partial charge < -0.3 is 19.5 Å². The number of H-pyrrole nitrogens is 1. The number of hydrogen-bond donors (Lipinski definition) is 1. The summed E-state index contributed by atoms with van der Waals surface area (Å²) in [4.78, 5) is 20.6. The molecule has 2 aliphatic rings. The van der Waals surface area contributed by atoms with Crippen LogP contribution in [0.4, 0.5) is 0 Å². The maximum atomic E-state index is 13.1. The smallest absolute Gasteiger partial charge is 0.227 e. The van der Waals surface area contributed by atoms with Gasteiger partial charge in [0.1, 0.15) is 0 Å². The topological polar surface area (TPSA) is 48.6 Å². The van der Waals surface area contributed by atoms with Crippen molar-refractivity contribution in [2.45, 2.75) is 56.2 Å². The first-order valence-corrected chi connectivity index (χ1v) is 10.1. The lowest BCUT2D eigenvalue weighted by Crippen LogP contribution is -2.57. The summed E-state index contributed by atoms with van der Waals surface area (Å²) in [6, 6.07) is 8.76. The number of ether oxygens (including phenoxy) is 1. The quantitative estimate of drug-likeness (QED) is 0.900. The molecular formula is C22H31N3O2. The maximum Gasteiger partial charge on any atom is 0.227 e. The standard InChI is InChI=1S/C22H31N3O2/c1-24(2)20-14-22(10-6-12-27-22)11-9-19(20)25(3)21(26)13-16-15-23-18-8-5-4-7-17(16)18/h4-5,7-8,15,19-20,23H,6,9-14H2,1-3H3/t19-,20-,22-/m0/s1. The average Bonchev–Trinajstić information content (AvgIpc) is 3.29. The summed E-state index contributed by atoms with van der Waals surface area (Å²) in [5, 5.41) is 1.14. The fraction of sp³-hybridized carbons (Fsp3) is 0.591. The Hall–Kier alpha value is -1.85. The molecule has 5 heteroatoms. The Balaban J connectivity index is 1.49. The number of aromatic amines is 1. The molecule has 1 aromatic heterocycles. The van der Waals surface area contributed by atoms with Gasteiger partial charge in [0.25, 0.3) is 0 Å². The molecule has 2 heterocycles. The van der Waals surface area contributed by atoms with E-state index in [-0.39, 0.29) is 17.6 Å². The van der Waals surface area contributed by atoms with Crippen molar-refractivity contribution in [1.82, 2.24) is 14.8 Å². The summed E-state index contributed by atoms with van der Waals surface area (Å²) >= 11 is 0. The number of benzene rings is 1. The fourth-order valence-corrected chi connectivity index (χ4v) is 5.06. The van der Waals surface area contributed by atoms with Gasteiger partial charge in [-0.15, -0.1) is 0 Å². The van der Waals surface area contributed by atoms with Crippen molar-refractivity contribution in [2.24, 2.45) is 0 Å². The van der Waals surface area contributed by atoms with Crippen molar-refractivity contribution in [3.63, 3.8) is 0 Å². The third-order valence-electron chi connectivity index (χ3n) is 6.68. The fourth-order valence-electron chi connectivity index (χ4n) is 5.06. The minimum Gasteiger partial charge on any atom is -0.375 e. The Morgan fingerprint density at radius 2 is 2.04 bits per heavy atom. The lowest BCUT2D eigenvalue weighted by Gasteiger charge is -2.47. The highest BCUT2D eigenvalue weighted by molar-refractivity contribution is 5.88. The SMILES string of the molecule is CN(C)[C@H]1C[C@]2(CCCO2)CC[C@@H]1N(C)C(=O)Cc1c[nH]c2ccccc12. The second kappa shape index (κ2) is 7.28. The van der Waals surface area contributed by atoms with Gasteiger partial charge in [-0.05, 0) is 57.8 Å². The first kappa shape index (κ1) is 18.5. The molecule has 0 unspecified atom stereocenters. The molecule has 1 N–H and O–H groups in total.